The molecule has 0 aromatic heterocycles. The van der Waals surface area contributed by atoms with Gasteiger partial charge in [0, 0.05) is 18.8 Å². The quantitative estimate of drug-likeness (QED) is 0.716. The second-order valence-corrected chi connectivity index (χ2v) is 6.73. The highest BCUT2D eigenvalue weighted by atomic mass is 32.2. The van der Waals surface area contributed by atoms with E-state index in [1.165, 1.54) is 25.3 Å². The highest BCUT2D eigenvalue weighted by Gasteiger charge is 2.21. The summed E-state index contributed by atoms with van der Waals surface area (Å²) in [6.07, 6.45) is 6.01. The molecule has 1 saturated carbocycles. The van der Waals surface area contributed by atoms with Gasteiger partial charge in [-0.3, -0.25) is 4.79 Å². The maximum Gasteiger partial charge on any atom is 0.232 e. The number of para-hydroxylation sites is 1. The molecule has 0 unspecified atom stereocenters. The molecule has 1 amide bonds. The van der Waals surface area contributed by atoms with Crippen LogP contribution in [0, 0.1) is 5.82 Å². The Morgan fingerprint density at radius 1 is 1.32 bits per heavy atom. The molecular formula is C17H24FNO2S. The molecule has 2 rings (SSSR count). The van der Waals surface area contributed by atoms with Gasteiger partial charge in [-0.1, -0.05) is 31.4 Å². The van der Waals surface area contributed by atoms with E-state index in [4.69, 9.17) is 4.74 Å². The fraction of sp³-hybridized carbons (Fsp3) is 0.588. The van der Waals surface area contributed by atoms with Gasteiger partial charge in [0.15, 0.2) is 11.6 Å². The molecule has 3 nitrogen and oxygen atoms in total. The maximum absolute atomic E-state index is 13.3. The number of rotatable bonds is 7. The fourth-order valence-corrected chi connectivity index (χ4v) is 3.43. The number of ether oxygens (including phenoxy) is 1. The average Bonchev–Trinajstić information content (AvgIpc) is 2.56. The van der Waals surface area contributed by atoms with Gasteiger partial charge in [0.25, 0.3) is 0 Å². The Labute approximate surface area is 136 Å². The third-order valence-corrected chi connectivity index (χ3v) is 4.97. The van der Waals surface area contributed by atoms with E-state index in [-0.39, 0.29) is 17.5 Å². The third kappa shape index (κ3) is 5.20. The minimum atomic E-state index is -0.347. The second-order valence-electron chi connectivity index (χ2n) is 5.63. The number of carbonyl (C=O) groups is 1. The lowest BCUT2D eigenvalue weighted by Gasteiger charge is -2.31. The molecule has 22 heavy (non-hydrogen) atoms. The molecule has 1 aromatic rings. The van der Waals surface area contributed by atoms with Crippen LogP contribution in [0.5, 0.6) is 5.75 Å². The summed E-state index contributed by atoms with van der Waals surface area (Å²) < 4.78 is 18.7. The van der Waals surface area contributed by atoms with E-state index in [9.17, 15) is 9.18 Å². The van der Waals surface area contributed by atoms with Crippen LogP contribution in [-0.2, 0) is 4.79 Å². The predicted octanol–water partition coefficient (Wildman–Crippen LogP) is 3.73. The Kier molecular flexibility index (Phi) is 7.03. The van der Waals surface area contributed by atoms with Gasteiger partial charge in [-0.15, -0.1) is 11.8 Å². The Morgan fingerprint density at radius 3 is 2.77 bits per heavy atom. The zero-order valence-corrected chi connectivity index (χ0v) is 13.9. The first-order valence-electron chi connectivity index (χ1n) is 7.89. The normalized spacial score (nSPS) is 15.5. The summed E-state index contributed by atoms with van der Waals surface area (Å²) in [6.45, 7) is 0.409. The van der Waals surface area contributed by atoms with Crippen LogP contribution in [0.2, 0.25) is 0 Å². The summed E-state index contributed by atoms with van der Waals surface area (Å²) in [4.78, 5) is 14.0. The topological polar surface area (TPSA) is 29.5 Å². The van der Waals surface area contributed by atoms with Crippen molar-refractivity contribution in [3.8, 4) is 5.75 Å². The molecule has 1 aromatic carbocycles. The van der Waals surface area contributed by atoms with Crippen LogP contribution in [0.25, 0.3) is 0 Å². The molecule has 0 radical (unpaired) electrons. The summed E-state index contributed by atoms with van der Waals surface area (Å²) in [5.74, 6) is 1.25. The summed E-state index contributed by atoms with van der Waals surface area (Å²) in [7, 11) is 1.91. The molecule has 0 heterocycles. The molecule has 1 aliphatic carbocycles. The molecule has 0 atom stereocenters. The molecular weight excluding hydrogens is 301 g/mol. The highest BCUT2D eigenvalue weighted by molar-refractivity contribution is 7.99. The number of halogens is 1. The van der Waals surface area contributed by atoms with E-state index >= 15 is 0 Å². The number of thioether (sulfide) groups is 1. The first-order chi connectivity index (χ1) is 10.7. The van der Waals surface area contributed by atoms with Crippen LogP contribution >= 0.6 is 11.8 Å². The lowest BCUT2D eigenvalue weighted by Crippen LogP contribution is -2.39. The lowest BCUT2D eigenvalue weighted by atomic mass is 9.94. The summed E-state index contributed by atoms with van der Waals surface area (Å²) >= 11 is 1.54. The zero-order chi connectivity index (χ0) is 15.8. The van der Waals surface area contributed by atoms with Crippen molar-refractivity contribution in [3.05, 3.63) is 30.1 Å². The van der Waals surface area contributed by atoms with Crippen molar-refractivity contribution in [3.63, 3.8) is 0 Å². The number of amides is 1. The average molecular weight is 325 g/mol. The van der Waals surface area contributed by atoms with E-state index in [1.54, 1.807) is 30.0 Å². The lowest BCUT2D eigenvalue weighted by molar-refractivity contribution is -0.129. The standard InChI is InChI=1S/C17H24FNO2S/c1-19(14-7-3-2-4-8-14)17(20)13-22-12-11-21-16-10-6-5-9-15(16)18/h5-6,9-10,14H,2-4,7-8,11-13H2,1H3. The molecule has 5 heteroatoms. The van der Waals surface area contributed by atoms with Gasteiger partial charge in [-0.05, 0) is 25.0 Å². The van der Waals surface area contributed by atoms with Gasteiger partial charge < -0.3 is 9.64 Å². The summed E-state index contributed by atoms with van der Waals surface area (Å²) in [5, 5.41) is 0. The highest BCUT2D eigenvalue weighted by Crippen LogP contribution is 2.22. The molecule has 0 N–H and O–H groups in total. The largest absolute Gasteiger partial charge is 0.490 e. The van der Waals surface area contributed by atoms with Crippen molar-refractivity contribution in [2.75, 3.05) is 25.2 Å². The van der Waals surface area contributed by atoms with Gasteiger partial charge in [-0.2, -0.15) is 0 Å². The Bertz CT molecular complexity index is 477. The summed E-state index contributed by atoms with van der Waals surface area (Å²) in [6, 6.07) is 6.79. The Balaban J connectivity index is 1.61. The van der Waals surface area contributed by atoms with Gasteiger partial charge in [-0.25, -0.2) is 4.39 Å². The minimum Gasteiger partial charge on any atom is -0.490 e. The number of hydrogen-bond donors (Lipinski definition) is 0. The van der Waals surface area contributed by atoms with Gasteiger partial charge >= 0.3 is 0 Å². The zero-order valence-electron chi connectivity index (χ0n) is 13.1. The van der Waals surface area contributed by atoms with E-state index in [1.807, 2.05) is 11.9 Å². The van der Waals surface area contributed by atoms with E-state index in [2.05, 4.69) is 0 Å². The van der Waals surface area contributed by atoms with E-state index in [0.29, 0.717) is 24.2 Å². The first-order valence-corrected chi connectivity index (χ1v) is 9.04. The van der Waals surface area contributed by atoms with Crippen molar-refractivity contribution < 1.29 is 13.9 Å². The maximum atomic E-state index is 13.3. The van der Waals surface area contributed by atoms with Crippen molar-refractivity contribution in [2.45, 2.75) is 38.1 Å². The van der Waals surface area contributed by atoms with Gasteiger partial charge in [0.1, 0.15) is 0 Å². The van der Waals surface area contributed by atoms with Crippen molar-refractivity contribution >= 4 is 17.7 Å². The Hall–Kier alpha value is -1.23. The Morgan fingerprint density at radius 2 is 2.05 bits per heavy atom. The molecule has 122 valence electrons. The van der Waals surface area contributed by atoms with E-state index < -0.39 is 0 Å². The minimum absolute atomic E-state index is 0.183. The van der Waals surface area contributed by atoms with Crippen LogP contribution in [-0.4, -0.2) is 42.0 Å². The van der Waals surface area contributed by atoms with Gasteiger partial charge in [0.2, 0.25) is 5.91 Å². The summed E-state index contributed by atoms with van der Waals surface area (Å²) in [5.41, 5.74) is 0. The third-order valence-electron chi connectivity index (χ3n) is 4.06. The van der Waals surface area contributed by atoms with Crippen LogP contribution in [0.3, 0.4) is 0 Å². The molecule has 0 spiro atoms. The van der Waals surface area contributed by atoms with Crippen molar-refractivity contribution in [1.29, 1.82) is 0 Å². The molecule has 1 fully saturated rings. The number of carbonyl (C=O) groups excluding carboxylic acids is 1. The predicted molar refractivity (Wildman–Crippen MR) is 88.9 cm³/mol. The first kappa shape index (κ1) is 17.1. The fourth-order valence-electron chi connectivity index (χ4n) is 2.71. The SMILES string of the molecule is CN(C(=O)CSCCOc1ccccc1F)C1CCCCC1. The monoisotopic (exact) mass is 325 g/mol. The van der Waals surface area contributed by atoms with Crippen molar-refractivity contribution in [2.24, 2.45) is 0 Å². The number of benzene rings is 1. The molecule has 0 bridgehead atoms. The molecule has 1 aliphatic rings. The van der Waals surface area contributed by atoms with E-state index in [0.717, 1.165) is 12.8 Å². The number of nitrogens with zero attached hydrogens (tertiary/aromatic N) is 1. The van der Waals surface area contributed by atoms with Crippen LogP contribution in [0.4, 0.5) is 4.39 Å². The van der Waals surface area contributed by atoms with Crippen LogP contribution in [0.1, 0.15) is 32.1 Å². The van der Waals surface area contributed by atoms with Gasteiger partial charge in [0.05, 0.1) is 12.4 Å². The number of hydrogen-bond acceptors (Lipinski definition) is 3. The van der Waals surface area contributed by atoms with Crippen LogP contribution in [0.15, 0.2) is 24.3 Å². The second kappa shape index (κ2) is 9.03. The molecule has 0 saturated heterocycles. The molecule has 0 aliphatic heterocycles. The van der Waals surface area contributed by atoms with Crippen LogP contribution < -0.4 is 4.74 Å². The van der Waals surface area contributed by atoms with Crippen molar-refractivity contribution in [1.82, 2.24) is 4.90 Å². The smallest absolute Gasteiger partial charge is 0.232 e.